The zero-order valence-electron chi connectivity index (χ0n) is 10.6. The Morgan fingerprint density at radius 2 is 2.47 bits per heavy atom. The van der Waals surface area contributed by atoms with Crippen LogP contribution in [0, 0.1) is 5.92 Å². The number of ether oxygens (including phenoxy) is 1. The fraction of sp³-hybridized carbons (Fsp3) is 0.769. The fourth-order valence-corrected chi connectivity index (χ4v) is 3.48. The van der Waals surface area contributed by atoms with Crippen molar-refractivity contribution in [3.8, 4) is 0 Å². The van der Waals surface area contributed by atoms with Crippen molar-refractivity contribution >= 4 is 0 Å². The maximum absolute atomic E-state index is 5.97. The van der Waals surface area contributed by atoms with Crippen LogP contribution in [0.15, 0.2) is 12.3 Å². The van der Waals surface area contributed by atoms with E-state index in [2.05, 4.69) is 28.1 Å². The minimum absolute atomic E-state index is 0.382. The second-order valence-electron chi connectivity index (χ2n) is 5.11. The molecule has 2 fully saturated rings. The maximum atomic E-state index is 5.97. The standard InChI is InChI=1S/C13H21N3O/c1-3-16-11(6-7-15-16)13(14-2)10-8-9-4-5-12(10)17-9/h6-7,9-10,12-14H,3-5,8H2,1-2H3. The van der Waals surface area contributed by atoms with Crippen LogP contribution in [0.1, 0.15) is 37.9 Å². The molecular formula is C13H21N3O. The first-order chi connectivity index (χ1) is 8.33. The topological polar surface area (TPSA) is 39.1 Å². The zero-order chi connectivity index (χ0) is 11.8. The van der Waals surface area contributed by atoms with Gasteiger partial charge in [-0.3, -0.25) is 4.68 Å². The van der Waals surface area contributed by atoms with Gasteiger partial charge in [0.05, 0.1) is 23.9 Å². The van der Waals surface area contributed by atoms with Crippen LogP contribution in [0.3, 0.4) is 0 Å². The Bertz CT molecular complexity index is 390. The Kier molecular flexibility index (Phi) is 2.92. The van der Waals surface area contributed by atoms with Gasteiger partial charge >= 0.3 is 0 Å². The molecule has 17 heavy (non-hydrogen) atoms. The van der Waals surface area contributed by atoms with Crippen LogP contribution in [-0.4, -0.2) is 29.0 Å². The van der Waals surface area contributed by atoms with Gasteiger partial charge in [-0.2, -0.15) is 5.10 Å². The molecule has 94 valence electrons. The highest BCUT2D eigenvalue weighted by molar-refractivity contribution is 5.11. The number of hydrogen-bond acceptors (Lipinski definition) is 3. The summed E-state index contributed by atoms with van der Waals surface area (Å²) in [6.45, 7) is 3.07. The second-order valence-corrected chi connectivity index (χ2v) is 5.11. The van der Waals surface area contributed by atoms with Crippen LogP contribution in [0.2, 0.25) is 0 Å². The molecule has 0 spiro atoms. The summed E-state index contributed by atoms with van der Waals surface area (Å²) in [6.07, 6.45) is 6.55. The number of aryl methyl sites for hydroxylation is 1. The molecule has 2 saturated heterocycles. The van der Waals surface area contributed by atoms with Crippen LogP contribution in [-0.2, 0) is 11.3 Å². The van der Waals surface area contributed by atoms with E-state index in [0.29, 0.717) is 24.2 Å². The van der Waals surface area contributed by atoms with Crippen molar-refractivity contribution in [1.29, 1.82) is 0 Å². The Balaban J connectivity index is 1.84. The van der Waals surface area contributed by atoms with Crippen LogP contribution >= 0.6 is 0 Å². The average molecular weight is 235 g/mol. The van der Waals surface area contributed by atoms with Gasteiger partial charge in [-0.15, -0.1) is 0 Å². The summed E-state index contributed by atoms with van der Waals surface area (Å²) in [6, 6.07) is 2.52. The smallest absolute Gasteiger partial charge is 0.0627 e. The molecule has 1 N–H and O–H groups in total. The van der Waals surface area contributed by atoms with Gasteiger partial charge in [0, 0.05) is 18.7 Å². The lowest BCUT2D eigenvalue weighted by Crippen LogP contribution is -2.33. The van der Waals surface area contributed by atoms with Crippen LogP contribution in [0.25, 0.3) is 0 Å². The summed E-state index contributed by atoms with van der Waals surface area (Å²) in [5, 5.41) is 7.84. The molecular weight excluding hydrogens is 214 g/mol. The van der Waals surface area contributed by atoms with Crippen molar-refractivity contribution in [3.05, 3.63) is 18.0 Å². The molecule has 1 aromatic rings. The SMILES string of the molecule is CCn1nccc1C(NC)C1CC2CCC1O2. The number of rotatable bonds is 4. The van der Waals surface area contributed by atoms with Crippen molar-refractivity contribution in [2.45, 2.75) is 51.0 Å². The molecule has 4 nitrogen and oxygen atoms in total. The zero-order valence-corrected chi connectivity index (χ0v) is 10.6. The lowest BCUT2D eigenvalue weighted by Gasteiger charge is -2.28. The van der Waals surface area contributed by atoms with Gasteiger partial charge in [-0.05, 0) is 39.3 Å². The molecule has 0 saturated carbocycles. The van der Waals surface area contributed by atoms with E-state index in [1.165, 1.54) is 25.0 Å². The van der Waals surface area contributed by atoms with E-state index in [1.807, 2.05) is 13.2 Å². The molecule has 1 aromatic heterocycles. The number of aromatic nitrogens is 2. The van der Waals surface area contributed by atoms with Crippen molar-refractivity contribution < 1.29 is 4.74 Å². The Hall–Kier alpha value is -0.870. The van der Waals surface area contributed by atoms with Gasteiger partial charge in [0.15, 0.2) is 0 Å². The molecule has 0 aromatic carbocycles. The third kappa shape index (κ3) is 1.79. The van der Waals surface area contributed by atoms with Crippen molar-refractivity contribution in [2.75, 3.05) is 7.05 Å². The molecule has 4 unspecified atom stereocenters. The van der Waals surface area contributed by atoms with E-state index < -0.39 is 0 Å². The van der Waals surface area contributed by atoms with Crippen LogP contribution in [0.4, 0.5) is 0 Å². The van der Waals surface area contributed by atoms with Crippen LogP contribution < -0.4 is 5.32 Å². The summed E-state index contributed by atoms with van der Waals surface area (Å²) in [7, 11) is 2.05. The van der Waals surface area contributed by atoms with Crippen molar-refractivity contribution in [2.24, 2.45) is 5.92 Å². The monoisotopic (exact) mass is 235 g/mol. The predicted molar refractivity (Wildman–Crippen MR) is 65.7 cm³/mol. The quantitative estimate of drug-likeness (QED) is 0.864. The first-order valence-electron chi connectivity index (χ1n) is 6.68. The van der Waals surface area contributed by atoms with Crippen molar-refractivity contribution in [1.82, 2.24) is 15.1 Å². The molecule has 0 radical (unpaired) electrons. The number of fused-ring (bicyclic) bond motifs is 2. The van der Waals surface area contributed by atoms with E-state index >= 15 is 0 Å². The average Bonchev–Trinajstić information content (AvgIpc) is 3.05. The van der Waals surface area contributed by atoms with Crippen molar-refractivity contribution in [3.63, 3.8) is 0 Å². The first-order valence-corrected chi connectivity index (χ1v) is 6.68. The molecule has 2 aliphatic heterocycles. The van der Waals surface area contributed by atoms with Gasteiger partial charge in [0.2, 0.25) is 0 Å². The van der Waals surface area contributed by atoms with E-state index in [4.69, 9.17) is 4.74 Å². The Labute approximate surface area is 102 Å². The molecule has 2 bridgehead atoms. The Morgan fingerprint density at radius 1 is 1.59 bits per heavy atom. The summed E-state index contributed by atoms with van der Waals surface area (Å²) in [5.41, 5.74) is 1.30. The molecule has 3 heterocycles. The van der Waals surface area contributed by atoms with Gasteiger partial charge in [-0.25, -0.2) is 0 Å². The summed E-state index contributed by atoms with van der Waals surface area (Å²) in [4.78, 5) is 0. The minimum Gasteiger partial charge on any atom is -0.375 e. The molecule has 4 atom stereocenters. The van der Waals surface area contributed by atoms with Gasteiger partial charge in [-0.1, -0.05) is 0 Å². The third-order valence-electron chi connectivity index (χ3n) is 4.26. The third-order valence-corrected chi connectivity index (χ3v) is 4.26. The maximum Gasteiger partial charge on any atom is 0.0627 e. The molecule has 2 aliphatic rings. The van der Waals surface area contributed by atoms with E-state index in [0.717, 1.165) is 6.54 Å². The summed E-state index contributed by atoms with van der Waals surface area (Å²) < 4.78 is 8.06. The molecule has 0 amide bonds. The first kappa shape index (κ1) is 11.2. The summed E-state index contributed by atoms with van der Waals surface area (Å²) >= 11 is 0. The number of nitrogens with zero attached hydrogens (tertiary/aromatic N) is 2. The van der Waals surface area contributed by atoms with Crippen LogP contribution in [0.5, 0.6) is 0 Å². The highest BCUT2D eigenvalue weighted by Crippen LogP contribution is 2.44. The minimum atomic E-state index is 0.382. The van der Waals surface area contributed by atoms with Gasteiger partial charge in [0.1, 0.15) is 0 Å². The van der Waals surface area contributed by atoms with Gasteiger partial charge < -0.3 is 10.1 Å². The van der Waals surface area contributed by atoms with E-state index in [1.54, 1.807) is 0 Å². The molecule has 3 rings (SSSR count). The molecule has 4 heteroatoms. The molecule has 0 aliphatic carbocycles. The van der Waals surface area contributed by atoms with E-state index in [-0.39, 0.29) is 0 Å². The Morgan fingerprint density at radius 3 is 3.06 bits per heavy atom. The largest absolute Gasteiger partial charge is 0.375 e. The fourth-order valence-electron chi connectivity index (χ4n) is 3.48. The highest BCUT2D eigenvalue weighted by atomic mass is 16.5. The second kappa shape index (κ2) is 4.42. The highest BCUT2D eigenvalue weighted by Gasteiger charge is 2.44. The number of nitrogens with one attached hydrogen (secondary N) is 1. The number of hydrogen-bond donors (Lipinski definition) is 1. The lowest BCUT2D eigenvalue weighted by atomic mass is 9.82. The predicted octanol–water partition coefficient (Wildman–Crippen LogP) is 1.73. The lowest BCUT2D eigenvalue weighted by molar-refractivity contribution is 0.0856. The normalized spacial score (nSPS) is 33.2. The van der Waals surface area contributed by atoms with Gasteiger partial charge in [0.25, 0.3) is 0 Å². The van der Waals surface area contributed by atoms with E-state index in [9.17, 15) is 0 Å². The summed E-state index contributed by atoms with van der Waals surface area (Å²) in [5.74, 6) is 0.612.